The Morgan fingerprint density at radius 2 is 2.10 bits per heavy atom. The highest BCUT2D eigenvalue weighted by atomic mass is 35.5. The molecule has 0 radical (unpaired) electrons. The second-order valence-corrected chi connectivity index (χ2v) is 6.12. The van der Waals surface area contributed by atoms with Crippen LogP contribution in [0.5, 0.6) is 5.75 Å². The van der Waals surface area contributed by atoms with Crippen LogP contribution >= 0.6 is 23.4 Å². The zero-order valence-corrected chi connectivity index (χ0v) is 12.4. The molecule has 1 N–H and O–H groups in total. The van der Waals surface area contributed by atoms with Gasteiger partial charge in [-0.2, -0.15) is 0 Å². The molecular weight excluding hydrogens is 302 g/mol. The predicted octanol–water partition coefficient (Wildman–Crippen LogP) is 2.09. The van der Waals surface area contributed by atoms with Gasteiger partial charge >= 0.3 is 5.97 Å². The van der Waals surface area contributed by atoms with Gasteiger partial charge in [-0.15, -0.1) is 11.8 Å². The Hall–Kier alpha value is -1.40. The number of carbonyl (C=O) groups excluding carboxylic acids is 1. The Morgan fingerprint density at radius 3 is 2.70 bits per heavy atom. The van der Waals surface area contributed by atoms with Crippen molar-refractivity contribution in [1.82, 2.24) is 4.90 Å². The number of aliphatic carboxylic acids is 1. The summed E-state index contributed by atoms with van der Waals surface area (Å²) in [6, 6.07) is 5.86. The van der Waals surface area contributed by atoms with Crippen LogP contribution in [0.25, 0.3) is 0 Å². The molecule has 2 atom stereocenters. The fraction of sp³-hybridized carbons (Fsp3) is 0.385. The normalized spacial score (nSPS) is 21.8. The number of rotatable bonds is 4. The van der Waals surface area contributed by atoms with Crippen molar-refractivity contribution in [2.45, 2.75) is 18.3 Å². The minimum absolute atomic E-state index is 0.155. The maximum absolute atomic E-state index is 12.1. The van der Waals surface area contributed by atoms with Crippen molar-refractivity contribution in [3.05, 3.63) is 29.3 Å². The van der Waals surface area contributed by atoms with Crippen LogP contribution in [0.3, 0.4) is 0 Å². The highest BCUT2D eigenvalue weighted by molar-refractivity contribution is 8.00. The Kier molecular flexibility index (Phi) is 4.77. The molecule has 0 aliphatic carbocycles. The molecule has 2 unspecified atom stereocenters. The topological polar surface area (TPSA) is 66.8 Å². The molecule has 0 saturated carbocycles. The largest absolute Gasteiger partial charge is 0.484 e. The van der Waals surface area contributed by atoms with Crippen molar-refractivity contribution in [2.75, 3.05) is 12.4 Å². The van der Waals surface area contributed by atoms with Crippen molar-refractivity contribution in [2.24, 2.45) is 0 Å². The number of halogens is 1. The minimum Gasteiger partial charge on any atom is -0.484 e. The molecule has 1 amide bonds. The first-order chi connectivity index (χ1) is 9.49. The number of carbonyl (C=O) groups is 2. The van der Waals surface area contributed by atoms with E-state index in [9.17, 15) is 9.59 Å². The van der Waals surface area contributed by atoms with Gasteiger partial charge in [-0.3, -0.25) is 4.79 Å². The van der Waals surface area contributed by atoms with E-state index >= 15 is 0 Å². The Balaban J connectivity index is 1.97. The standard InChI is InChI=1S/C13H14ClNO4S/c1-8-15(11(7-20-8)13(17)18)12(16)6-19-10-4-2-9(14)3-5-10/h2-5,8,11H,6-7H2,1H3,(H,17,18). The van der Waals surface area contributed by atoms with Gasteiger partial charge in [0.2, 0.25) is 0 Å². The molecule has 0 aromatic heterocycles. The van der Waals surface area contributed by atoms with Crippen LogP contribution < -0.4 is 4.74 Å². The van der Waals surface area contributed by atoms with E-state index in [0.717, 1.165) is 0 Å². The number of nitrogens with zero attached hydrogens (tertiary/aromatic N) is 1. The van der Waals surface area contributed by atoms with E-state index in [1.807, 2.05) is 6.92 Å². The molecule has 1 fully saturated rings. The van der Waals surface area contributed by atoms with Crippen LogP contribution in [-0.4, -0.2) is 45.7 Å². The molecule has 7 heteroatoms. The molecule has 20 heavy (non-hydrogen) atoms. The van der Waals surface area contributed by atoms with Gasteiger partial charge in [0.05, 0.1) is 5.37 Å². The van der Waals surface area contributed by atoms with Crippen molar-refractivity contribution in [3.8, 4) is 5.75 Å². The molecule has 1 aromatic carbocycles. The van der Waals surface area contributed by atoms with Gasteiger partial charge in [0.1, 0.15) is 11.8 Å². The number of benzene rings is 1. The van der Waals surface area contributed by atoms with E-state index in [1.165, 1.54) is 16.7 Å². The molecule has 1 aliphatic rings. The average molecular weight is 316 g/mol. The second-order valence-electron chi connectivity index (χ2n) is 4.33. The first kappa shape index (κ1) is 15.0. The maximum atomic E-state index is 12.1. The van der Waals surface area contributed by atoms with Gasteiger partial charge in [-0.25, -0.2) is 4.79 Å². The summed E-state index contributed by atoms with van der Waals surface area (Å²) in [5, 5.41) is 9.53. The predicted molar refractivity (Wildman–Crippen MR) is 77.1 cm³/mol. The van der Waals surface area contributed by atoms with Gasteiger partial charge < -0.3 is 14.7 Å². The second kappa shape index (κ2) is 6.37. The summed E-state index contributed by atoms with van der Waals surface area (Å²) in [5.41, 5.74) is 0. The van der Waals surface area contributed by atoms with E-state index in [-0.39, 0.29) is 17.9 Å². The van der Waals surface area contributed by atoms with Gasteiger partial charge in [0.15, 0.2) is 6.61 Å². The van der Waals surface area contributed by atoms with Gasteiger partial charge in [0.25, 0.3) is 5.91 Å². The van der Waals surface area contributed by atoms with Crippen molar-refractivity contribution in [1.29, 1.82) is 0 Å². The van der Waals surface area contributed by atoms with Crippen molar-refractivity contribution in [3.63, 3.8) is 0 Å². The molecule has 1 heterocycles. The van der Waals surface area contributed by atoms with Crippen LogP contribution in [0.4, 0.5) is 0 Å². The summed E-state index contributed by atoms with van der Waals surface area (Å²) in [6.07, 6.45) is 0. The van der Waals surface area contributed by atoms with Gasteiger partial charge in [-0.1, -0.05) is 11.6 Å². The molecule has 2 rings (SSSR count). The lowest BCUT2D eigenvalue weighted by molar-refractivity contribution is -0.149. The van der Waals surface area contributed by atoms with E-state index in [4.69, 9.17) is 21.4 Å². The highest BCUT2D eigenvalue weighted by Gasteiger charge is 2.39. The molecule has 0 spiro atoms. The first-order valence-electron chi connectivity index (χ1n) is 6.03. The zero-order valence-electron chi connectivity index (χ0n) is 10.8. The fourth-order valence-electron chi connectivity index (χ4n) is 1.96. The lowest BCUT2D eigenvalue weighted by atomic mass is 10.3. The Bertz CT molecular complexity index is 508. The number of carboxylic acid groups (broad SMARTS) is 1. The highest BCUT2D eigenvalue weighted by Crippen LogP contribution is 2.29. The summed E-state index contributed by atoms with van der Waals surface area (Å²) in [6.45, 7) is 1.63. The van der Waals surface area contributed by atoms with Crippen LogP contribution in [-0.2, 0) is 9.59 Å². The summed E-state index contributed by atoms with van der Waals surface area (Å²) in [5.74, 6) is -0.385. The average Bonchev–Trinajstić information content (AvgIpc) is 2.80. The molecule has 0 bridgehead atoms. The molecule has 1 aromatic rings. The summed E-state index contributed by atoms with van der Waals surface area (Å²) in [7, 11) is 0. The van der Waals surface area contributed by atoms with E-state index < -0.39 is 12.0 Å². The van der Waals surface area contributed by atoms with Crippen LogP contribution in [0.1, 0.15) is 6.92 Å². The SMILES string of the molecule is CC1SCC(C(=O)O)N1C(=O)COc1ccc(Cl)cc1. The fourth-order valence-corrected chi connectivity index (χ4v) is 3.28. The number of carboxylic acids is 1. The van der Waals surface area contributed by atoms with E-state index in [0.29, 0.717) is 16.5 Å². The number of hydrogen-bond donors (Lipinski definition) is 1. The molecule has 5 nitrogen and oxygen atoms in total. The Morgan fingerprint density at radius 1 is 1.45 bits per heavy atom. The number of thioether (sulfide) groups is 1. The van der Waals surface area contributed by atoms with Gasteiger partial charge in [0, 0.05) is 10.8 Å². The lowest BCUT2D eigenvalue weighted by Gasteiger charge is -2.24. The van der Waals surface area contributed by atoms with Crippen LogP contribution in [0, 0.1) is 0 Å². The number of amides is 1. The molecule has 1 aliphatic heterocycles. The third-order valence-corrected chi connectivity index (χ3v) is 4.44. The quantitative estimate of drug-likeness (QED) is 0.921. The maximum Gasteiger partial charge on any atom is 0.327 e. The first-order valence-corrected chi connectivity index (χ1v) is 7.45. The Labute approximate surface area is 125 Å². The molecule has 1 saturated heterocycles. The smallest absolute Gasteiger partial charge is 0.327 e. The van der Waals surface area contributed by atoms with Crippen LogP contribution in [0.2, 0.25) is 5.02 Å². The number of hydrogen-bond acceptors (Lipinski definition) is 4. The third-order valence-electron chi connectivity index (χ3n) is 2.97. The monoisotopic (exact) mass is 315 g/mol. The van der Waals surface area contributed by atoms with Crippen molar-refractivity contribution < 1.29 is 19.4 Å². The van der Waals surface area contributed by atoms with Crippen LogP contribution in [0.15, 0.2) is 24.3 Å². The van der Waals surface area contributed by atoms with E-state index in [2.05, 4.69) is 0 Å². The summed E-state index contributed by atoms with van der Waals surface area (Å²) in [4.78, 5) is 24.6. The van der Waals surface area contributed by atoms with Crippen molar-refractivity contribution >= 4 is 35.2 Å². The third kappa shape index (κ3) is 3.37. The van der Waals surface area contributed by atoms with E-state index in [1.54, 1.807) is 24.3 Å². The summed E-state index contributed by atoms with van der Waals surface area (Å²) >= 11 is 7.20. The molecule has 108 valence electrons. The molecular formula is C13H14ClNO4S. The lowest BCUT2D eigenvalue weighted by Crippen LogP contribution is -2.46. The summed E-state index contributed by atoms with van der Waals surface area (Å²) < 4.78 is 5.36. The minimum atomic E-state index is -0.985. The van der Waals surface area contributed by atoms with Gasteiger partial charge in [-0.05, 0) is 31.2 Å². The number of ether oxygens (including phenoxy) is 1. The zero-order chi connectivity index (χ0) is 14.7.